The molecule has 0 aliphatic carbocycles. The highest BCUT2D eigenvalue weighted by molar-refractivity contribution is 6.31. The highest BCUT2D eigenvalue weighted by Gasteiger charge is 2.09. The van der Waals surface area contributed by atoms with E-state index in [1.165, 1.54) is 12.1 Å². The summed E-state index contributed by atoms with van der Waals surface area (Å²) in [5.74, 6) is -0.0913. The Morgan fingerprint density at radius 1 is 1.57 bits per heavy atom. The molecule has 1 unspecified atom stereocenters. The lowest BCUT2D eigenvalue weighted by Crippen LogP contribution is -2.11. The second-order valence-electron chi connectivity index (χ2n) is 3.14. The van der Waals surface area contributed by atoms with Crippen LogP contribution >= 0.6 is 11.6 Å². The van der Waals surface area contributed by atoms with E-state index in [0.717, 1.165) is 6.42 Å². The van der Waals surface area contributed by atoms with Crippen molar-refractivity contribution in [3.63, 3.8) is 0 Å². The molecule has 0 spiro atoms. The Balaban J connectivity index is 2.92. The van der Waals surface area contributed by atoms with Crippen molar-refractivity contribution in [2.75, 3.05) is 5.73 Å². The number of halogens is 2. The second kappa shape index (κ2) is 4.51. The van der Waals surface area contributed by atoms with Crippen LogP contribution in [0.4, 0.5) is 10.1 Å². The lowest BCUT2D eigenvalue weighted by molar-refractivity contribution is 0.218. The van der Waals surface area contributed by atoms with Crippen LogP contribution in [0.25, 0.3) is 0 Å². The molecule has 4 heteroatoms. The molecule has 0 heterocycles. The Morgan fingerprint density at radius 3 is 2.79 bits per heavy atom. The molecule has 0 fully saturated rings. The molecule has 1 rings (SSSR count). The van der Waals surface area contributed by atoms with Crippen LogP contribution in [-0.4, -0.2) is 6.10 Å². The largest absolute Gasteiger partial charge is 0.489 e. The van der Waals surface area contributed by atoms with Crippen molar-refractivity contribution < 1.29 is 9.13 Å². The first-order chi connectivity index (χ1) is 6.54. The average Bonchev–Trinajstić information content (AvgIpc) is 2.14. The topological polar surface area (TPSA) is 35.2 Å². The Labute approximate surface area is 87.8 Å². The number of hydrogen-bond donors (Lipinski definition) is 1. The van der Waals surface area contributed by atoms with Gasteiger partial charge in [0, 0.05) is 12.1 Å². The first-order valence-electron chi connectivity index (χ1n) is 4.45. The lowest BCUT2D eigenvalue weighted by Gasteiger charge is -2.14. The summed E-state index contributed by atoms with van der Waals surface area (Å²) in [4.78, 5) is 0. The van der Waals surface area contributed by atoms with Crippen LogP contribution in [0, 0.1) is 5.82 Å². The molecule has 0 radical (unpaired) electrons. The minimum absolute atomic E-state index is 0.0255. The summed E-state index contributed by atoms with van der Waals surface area (Å²) in [7, 11) is 0. The van der Waals surface area contributed by atoms with Crippen LogP contribution in [0.2, 0.25) is 5.02 Å². The molecule has 0 saturated carbocycles. The molecule has 0 amide bonds. The van der Waals surface area contributed by atoms with Gasteiger partial charge in [0.15, 0.2) is 0 Å². The van der Waals surface area contributed by atoms with E-state index in [0.29, 0.717) is 5.75 Å². The van der Waals surface area contributed by atoms with Crippen molar-refractivity contribution >= 4 is 17.3 Å². The molecule has 2 nitrogen and oxygen atoms in total. The summed E-state index contributed by atoms with van der Waals surface area (Å²) in [6.07, 6.45) is 0.896. The maximum atomic E-state index is 12.9. The van der Waals surface area contributed by atoms with E-state index >= 15 is 0 Å². The number of hydrogen-bond acceptors (Lipinski definition) is 2. The smallest absolute Gasteiger partial charge is 0.144 e. The van der Waals surface area contributed by atoms with Gasteiger partial charge >= 0.3 is 0 Å². The number of ether oxygens (including phenoxy) is 1. The summed E-state index contributed by atoms with van der Waals surface area (Å²) in [5.41, 5.74) is 5.84. The van der Waals surface area contributed by atoms with Crippen molar-refractivity contribution in [3.8, 4) is 5.75 Å². The van der Waals surface area contributed by atoms with Crippen molar-refractivity contribution in [3.05, 3.63) is 23.0 Å². The van der Waals surface area contributed by atoms with Crippen LogP contribution < -0.4 is 10.5 Å². The number of nitrogen functional groups attached to an aromatic ring is 1. The number of anilines is 1. The molecule has 0 aromatic heterocycles. The Hall–Kier alpha value is -0.960. The van der Waals surface area contributed by atoms with Gasteiger partial charge in [-0.2, -0.15) is 0 Å². The number of benzene rings is 1. The van der Waals surface area contributed by atoms with Gasteiger partial charge in [0.25, 0.3) is 0 Å². The molecule has 0 bridgehead atoms. The maximum Gasteiger partial charge on any atom is 0.144 e. The predicted octanol–water partition coefficient (Wildman–Crippen LogP) is 3.24. The van der Waals surface area contributed by atoms with Crippen molar-refractivity contribution in [1.29, 1.82) is 0 Å². The summed E-state index contributed by atoms with van der Waals surface area (Å²) < 4.78 is 18.4. The Bertz CT molecular complexity index is 330. The monoisotopic (exact) mass is 217 g/mol. The van der Waals surface area contributed by atoms with E-state index in [2.05, 4.69) is 0 Å². The molecule has 0 aliphatic heterocycles. The van der Waals surface area contributed by atoms with Crippen LogP contribution in [0.5, 0.6) is 5.75 Å². The van der Waals surface area contributed by atoms with Gasteiger partial charge in [-0.15, -0.1) is 0 Å². The average molecular weight is 218 g/mol. The normalized spacial score (nSPS) is 12.6. The van der Waals surface area contributed by atoms with Gasteiger partial charge < -0.3 is 10.5 Å². The summed E-state index contributed by atoms with van der Waals surface area (Å²) in [6, 6.07) is 2.57. The number of nitrogens with two attached hydrogens (primary N) is 1. The zero-order valence-corrected chi connectivity index (χ0v) is 8.94. The summed E-state index contributed by atoms with van der Waals surface area (Å²) in [5, 5.41) is 0.0255. The second-order valence-corrected chi connectivity index (χ2v) is 3.55. The highest BCUT2D eigenvalue weighted by Crippen LogP contribution is 2.29. The molecule has 1 aromatic carbocycles. The molecule has 78 valence electrons. The third-order valence-corrected chi connectivity index (χ3v) is 2.25. The molecule has 0 aliphatic rings. The minimum atomic E-state index is -0.527. The third kappa shape index (κ3) is 2.51. The van der Waals surface area contributed by atoms with E-state index < -0.39 is 5.82 Å². The first kappa shape index (κ1) is 11.1. The molecule has 14 heavy (non-hydrogen) atoms. The molecule has 0 saturated heterocycles. The van der Waals surface area contributed by atoms with Gasteiger partial charge in [0.2, 0.25) is 0 Å². The Kier molecular flexibility index (Phi) is 3.58. The molecule has 1 aromatic rings. The maximum absolute atomic E-state index is 12.9. The van der Waals surface area contributed by atoms with Crippen molar-refractivity contribution in [2.24, 2.45) is 0 Å². The fraction of sp³-hybridized carbons (Fsp3) is 0.400. The van der Waals surface area contributed by atoms with Gasteiger partial charge in [-0.3, -0.25) is 0 Å². The molecular weight excluding hydrogens is 205 g/mol. The summed E-state index contributed by atoms with van der Waals surface area (Å²) in [6.45, 7) is 3.91. The fourth-order valence-electron chi connectivity index (χ4n) is 0.946. The Morgan fingerprint density at radius 2 is 2.21 bits per heavy atom. The van der Waals surface area contributed by atoms with Crippen LogP contribution in [0.3, 0.4) is 0 Å². The predicted molar refractivity (Wildman–Crippen MR) is 56.2 cm³/mol. The highest BCUT2D eigenvalue weighted by atomic mass is 35.5. The van der Waals surface area contributed by atoms with Crippen molar-refractivity contribution in [1.82, 2.24) is 0 Å². The van der Waals surface area contributed by atoms with E-state index in [9.17, 15) is 4.39 Å². The van der Waals surface area contributed by atoms with Crippen LogP contribution in [0.1, 0.15) is 20.3 Å². The molecule has 2 N–H and O–H groups in total. The minimum Gasteiger partial charge on any atom is -0.489 e. The number of rotatable bonds is 3. The van der Waals surface area contributed by atoms with Crippen LogP contribution in [0.15, 0.2) is 12.1 Å². The zero-order valence-electron chi connectivity index (χ0n) is 8.18. The van der Waals surface area contributed by atoms with Crippen LogP contribution in [-0.2, 0) is 0 Å². The standard InChI is InChI=1S/C10H13ClFNO/c1-3-6(2)14-10-4-7(11)8(12)5-9(10)13/h4-6H,3,13H2,1-2H3. The van der Waals surface area contributed by atoms with Gasteiger partial charge in [0.05, 0.1) is 16.8 Å². The van der Waals surface area contributed by atoms with E-state index in [4.69, 9.17) is 22.1 Å². The molecular formula is C10H13ClFNO. The lowest BCUT2D eigenvalue weighted by atomic mass is 10.2. The first-order valence-corrected chi connectivity index (χ1v) is 4.83. The quantitative estimate of drug-likeness (QED) is 0.789. The zero-order chi connectivity index (χ0) is 10.7. The van der Waals surface area contributed by atoms with Gasteiger partial charge in [0.1, 0.15) is 11.6 Å². The van der Waals surface area contributed by atoms with Gasteiger partial charge in [-0.05, 0) is 13.3 Å². The van der Waals surface area contributed by atoms with Gasteiger partial charge in [-0.25, -0.2) is 4.39 Å². The van der Waals surface area contributed by atoms with Gasteiger partial charge in [-0.1, -0.05) is 18.5 Å². The van der Waals surface area contributed by atoms with E-state index in [-0.39, 0.29) is 16.8 Å². The third-order valence-electron chi connectivity index (χ3n) is 1.96. The summed E-state index contributed by atoms with van der Waals surface area (Å²) >= 11 is 5.60. The SMILES string of the molecule is CCC(C)Oc1cc(Cl)c(F)cc1N. The molecule has 1 atom stereocenters. The van der Waals surface area contributed by atoms with E-state index in [1.807, 2.05) is 13.8 Å². The fourth-order valence-corrected chi connectivity index (χ4v) is 1.10. The van der Waals surface area contributed by atoms with Crippen molar-refractivity contribution in [2.45, 2.75) is 26.4 Å². The van der Waals surface area contributed by atoms with E-state index in [1.54, 1.807) is 0 Å².